The molecule has 0 saturated carbocycles. The zero-order chi connectivity index (χ0) is 14.3. The van der Waals surface area contributed by atoms with Gasteiger partial charge in [0.2, 0.25) is 0 Å². The maximum atomic E-state index is 3.77. The van der Waals surface area contributed by atoms with Crippen molar-refractivity contribution in [3.63, 3.8) is 0 Å². The summed E-state index contributed by atoms with van der Waals surface area (Å²) in [6, 6.07) is 9.44. The van der Waals surface area contributed by atoms with Crippen LogP contribution < -0.4 is 5.32 Å². The van der Waals surface area contributed by atoms with Gasteiger partial charge in [-0.1, -0.05) is 58.9 Å². The molecule has 1 aromatic carbocycles. The Morgan fingerprint density at radius 2 is 1.42 bits per heavy atom. The summed E-state index contributed by atoms with van der Waals surface area (Å²) in [5.41, 5.74) is 2.94. The lowest BCUT2D eigenvalue weighted by Crippen LogP contribution is -2.31. The maximum Gasteiger partial charge on any atom is 0.0210 e. The molecule has 1 N–H and O–H groups in total. The molecule has 1 aromatic rings. The molecule has 0 aliphatic carbocycles. The Morgan fingerprint density at radius 3 is 1.89 bits per heavy atom. The molecule has 108 valence electrons. The van der Waals surface area contributed by atoms with E-state index < -0.39 is 0 Å². The van der Waals surface area contributed by atoms with E-state index in [2.05, 4.69) is 64.2 Å². The Bertz CT molecular complexity index is 344. The van der Waals surface area contributed by atoms with Gasteiger partial charge in [-0.2, -0.15) is 0 Å². The molecule has 0 bridgehead atoms. The number of nitrogens with one attached hydrogen (secondary N) is 1. The predicted molar refractivity (Wildman–Crippen MR) is 85.4 cm³/mol. The standard InChI is InChI=1S/C18H31N/c1-6-16-9-7-8-10-17(16)13-19-18(11-14(2)3)12-15(4)5/h7-10,14-15,18-19H,6,11-13H2,1-5H3. The van der Waals surface area contributed by atoms with Gasteiger partial charge in [-0.3, -0.25) is 0 Å². The summed E-state index contributed by atoms with van der Waals surface area (Å²) in [4.78, 5) is 0. The number of aryl methyl sites for hydroxylation is 1. The normalized spacial score (nSPS) is 11.8. The van der Waals surface area contributed by atoms with Crippen LogP contribution in [0.3, 0.4) is 0 Å². The quantitative estimate of drug-likeness (QED) is 0.709. The van der Waals surface area contributed by atoms with E-state index in [0.29, 0.717) is 6.04 Å². The van der Waals surface area contributed by atoms with Crippen LogP contribution in [0.15, 0.2) is 24.3 Å². The van der Waals surface area contributed by atoms with Crippen LogP contribution in [0.1, 0.15) is 58.6 Å². The lowest BCUT2D eigenvalue weighted by atomic mass is 9.95. The Labute approximate surface area is 119 Å². The summed E-state index contributed by atoms with van der Waals surface area (Å²) in [6.07, 6.45) is 3.66. The van der Waals surface area contributed by atoms with Gasteiger partial charge in [0, 0.05) is 12.6 Å². The molecular weight excluding hydrogens is 230 g/mol. The van der Waals surface area contributed by atoms with Gasteiger partial charge in [-0.25, -0.2) is 0 Å². The molecule has 1 nitrogen and oxygen atoms in total. The molecule has 0 aliphatic heterocycles. The minimum atomic E-state index is 0.643. The Balaban J connectivity index is 2.59. The molecule has 0 atom stereocenters. The predicted octanol–water partition coefficient (Wildman–Crippen LogP) is 4.80. The number of hydrogen-bond acceptors (Lipinski definition) is 1. The van der Waals surface area contributed by atoms with Crippen molar-refractivity contribution in [1.82, 2.24) is 5.32 Å². The molecule has 1 rings (SSSR count). The van der Waals surface area contributed by atoms with Gasteiger partial charge < -0.3 is 5.32 Å². The second-order valence-electron chi connectivity index (χ2n) is 6.46. The minimum absolute atomic E-state index is 0.643. The van der Waals surface area contributed by atoms with Crippen molar-refractivity contribution >= 4 is 0 Å². The first kappa shape index (κ1) is 16.2. The number of hydrogen-bond donors (Lipinski definition) is 1. The highest BCUT2D eigenvalue weighted by molar-refractivity contribution is 5.26. The zero-order valence-electron chi connectivity index (χ0n) is 13.4. The van der Waals surface area contributed by atoms with Gasteiger partial charge in [-0.15, -0.1) is 0 Å². The Hall–Kier alpha value is -0.820. The molecule has 0 fully saturated rings. The number of rotatable bonds is 8. The average molecular weight is 261 g/mol. The van der Waals surface area contributed by atoms with E-state index in [1.165, 1.54) is 24.0 Å². The van der Waals surface area contributed by atoms with E-state index in [9.17, 15) is 0 Å². The molecule has 0 spiro atoms. The summed E-state index contributed by atoms with van der Waals surface area (Å²) in [5.74, 6) is 1.52. The van der Waals surface area contributed by atoms with E-state index >= 15 is 0 Å². The summed E-state index contributed by atoms with van der Waals surface area (Å²) < 4.78 is 0. The van der Waals surface area contributed by atoms with Crippen LogP contribution in [-0.2, 0) is 13.0 Å². The third-order valence-electron chi connectivity index (χ3n) is 3.59. The van der Waals surface area contributed by atoms with Crippen LogP contribution in [0.2, 0.25) is 0 Å². The van der Waals surface area contributed by atoms with E-state index in [-0.39, 0.29) is 0 Å². The fourth-order valence-corrected chi connectivity index (χ4v) is 2.73. The van der Waals surface area contributed by atoms with Crippen LogP contribution in [0.4, 0.5) is 0 Å². The fraction of sp³-hybridized carbons (Fsp3) is 0.667. The van der Waals surface area contributed by atoms with Crippen molar-refractivity contribution < 1.29 is 0 Å². The van der Waals surface area contributed by atoms with Crippen molar-refractivity contribution in [2.75, 3.05) is 0 Å². The smallest absolute Gasteiger partial charge is 0.0210 e. The lowest BCUT2D eigenvalue weighted by molar-refractivity contribution is 0.358. The molecule has 0 aromatic heterocycles. The Kier molecular flexibility index (Phi) is 7.15. The minimum Gasteiger partial charge on any atom is -0.310 e. The molecule has 1 heteroatoms. The fourth-order valence-electron chi connectivity index (χ4n) is 2.73. The first-order valence-electron chi connectivity index (χ1n) is 7.83. The summed E-state index contributed by atoms with van der Waals surface area (Å²) in [6.45, 7) is 12.5. The van der Waals surface area contributed by atoms with E-state index in [1.54, 1.807) is 0 Å². The molecule has 19 heavy (non-hydrogen) atoms. The highest BCUT2D eigenvalue weighted by Crippen LogP contribution is 2.15. The summed E-state index contributed by atoms with van der Waals surface area (Å²) >= 11 is 0. The van der Waals surface area contributed by atoms with E-state index in [1.807, 2.05) is 0 Å². The first-order valence-corrected chi connectivity index (χ1v) is 7.83. The van der Waals surface area contributed by atoms with Crippen molar-refractivity contribution in [1.29, 1.82) is 0 Å². The van der Waals surface area contributed by atoms with Crippen LogP contribution in [0, 0.1) is 11.8 Å². The molecule has 0 amide bonds. The average Bonchev–Trinajstić information content (AvgIpc) is 2.35. The van der Waals surface area contributed by atoms with Crippen LogP contribution in [-0.4, -0.2) is 6.04 Å². The van der Waals surface area contributed by atoms with Gasteiger partial charge >= 0.3 is 0 Å². The van der Waals surface area contributed by atoms with Crippen molar-refractivity contribution in [3.8, 4) is 0 Å². The van der Waals surface area contributed by atoms with Crippen molar-refractivity contribution in [3.05, 3.63) is 35.4 Å². The number of benzene rings is 1. The highest BCUT2D eigenvalue weighted by Gasteiger charge is 2.12. The van der Waals surface area contributed by atoms with Crippen LogP contribution >= 0.6 is 0 Å². The van der Waals surface area contributed by atoms with Gasteiger partial charge in [0.05, 0.1) is 0 Å². The Morgan fingerprint density at radius 1 is 0.895 bits per heavy atom. The van der Waals surface area contributed by atoms with Gasteiger partial charge in [0.15, 0.2) is 0 Å². The molecule has 0 heterocycles. The summed E-state index contributed by atoms with van der Waals surface area (Å²) in [5, 5.41) is 3.77. The first-order chi connectivity index (χ1) is 9.02. The third kappa shape index (κ3) is 6.24. The van der Waals surface area contributed by atoms with Crippen LogP contribution in [0.25, 0.3) is 0 Å². The van der Waals surface area contributed by atoms with Gasteiger partial charge in [-0.05, 0) is 42.2 Å². The zero-order valence-corrected chi connectivity index (χ0v) is 13.4. The van der Waals surface area contributed by atoms with Crippen LogP contribution in [0.5, 0.6) is 0 Å². The van der Waals surface area contributed by atoms with Gasteiger partial charge in [0.25, 0.3) is 0 Å². The second kappa shape index (κ2) is 8.37. The molecule has 0 radical (unpaired) electrons. The molecule has 0 unspecified atom stereocenters. The van der Waals surface area contributed by atoms with Crippen molar-refractivity contribution in [2.45, 2.75) is 66.5 Å². The molecular formula is C18H31N. The second-order valence-corrected chi connectivity index (χ2v) is 6.46. The topological polar surface area (TPSA) is 12.0 Å². The maximum absolute atomic E-state index is 3.77. The summed E-state index contributed by atoms with van der Waals surface area (Å²) in [7, 11) is 0. The molecule has 0 aliphatic rings. The van der Waals surface area contributed by atoms with E-state index in [4.69, 9.17) is 0 Å². The monoisotopic (exact) mass is 261 g/mol. The van der Waals surface area contributed by atoms with Gasteiger partial charge in [0.1, 0.15) is 0 Å². The SMILES string of the molecule is CCc1ccccc1CNC(CC(C)C)CC(C)C. The van der Waals surface area contributed by atoms with E-state index in [0.717, 1.165) is 24.8 Å². The highest BCUT2D eigenvalue weighted by atomic mass is 14.9. The van der Waals surface area contributed by atoms with Crippen molar-refractivity contribution in [2.24, 2.45) is 11.8 Å². The molecule has 0 saturated heterocycles. The largest absolute Gasteiger partial charge is 0.310 e. The lowest BCUT2D eigenvalue weighted by Gasteiger charge is -2.23. The third-order valence-corrected chi connectivity index (χ3v) is 3.59.